The maximum Gasteiger partial charge on any atom is 0.416 e. The molecular weight excluding hydrogens is 894 g/mol. The summed E-state index contributed by atoms with van der Waals surface area (Å²) in [5.41, 5.74) is -1.23. The Morgan fingerprint density at radius 3 is 1.21 bits per heavy atom. The molecule has 24 heteroatoms. The van der Waals surface area contributed by atoms with Gasteiger partial charge in [0.2, 0.25) is 11.8 Å². The van der Waals surface area contributed by atoms with Gasteiger partial charge in [-0.3, -0.25) is 19.2 Å². The molecule has 3 aromatic rings. The molecule has 8 N–H and O–H groups in total. The highest BCUT2D eigenvalue weighted by Gasteiger charge is 2.31. The van der Waals surface area contributed by atoms with E-state index < -0.39 is 110 Å². The molecular formula is C42H46F6N6O12. The molecule has 6 amide bonds. The van der Waals surface area contributed by atoms with Crippen molar-refractivity contribution in [2.75, 3.05) is 26.2 Å². The monoisotopic (exact) mass is 940 g/mol. The molecule has 0 bridgehead atoms. The van der Waals surface area contributed by atoms with E-state index in [0.717, 1.165) is 48.5 Å². The molecule has 0 saturated heterocycles. The number of hydrogen-bond donors (Lipinski definition) is 8. The molecule has 3 aromatic carbocycles. The second-order valence-electron chi connectivity index (χ2n) is 14.2. The molecule has 0 fully saturated rings. The van der Waals surface area contributed by atoms with Crippen LogP contribution in [0.1, 0.15) is 81.5 Å². The van der Waals surface area contributed by atoms with Gasteiger partial charge >= 0.3 is 36.5 Å². The Kier molecular flexibility index (Phi) is 20.7. The molecule has 0 radical (unpaired) electrons. The molecule has 0 heterocycles. The second kappa shape index (κ2) is 25.8. The van der Waals surface area contributed by atoms with Gasteiger partial charge in [0, 0.05) is 24.2 Å². The van der Waals surface area contributed by atoms with Crippen LogP contribution in [0.25, 0.3) is 0 Å². The maximum absolute atomic E-state index is 12.7. The van der Waals surface area contributed by atoms with E-state index in [1.165, 1.54) is 24.3 Å². The number of alkyl carbamates (subject to hydrolysis) is 2. The zero-order valence-corrected chi connectivity index (χ0v) is 34.8. The molecule has 0 aliphatic rings. The number of carbonyl (C=O) groups is 8. The molecule has 66 heavy (non-hydrogen) atoms. The van der Waals surface area contributed by atoms with E-state index in [0.29, 0.717) is 0 Å². The quantitative estimate of drug-likeness (QED) is 0.0456. The number of alkyl halides is 6. The first-order valence-corrected chi connectivity index (χ1v) is 20.0. The van der Waals surface area contributed by atoms with E-state index in [1.807, 2.05) is 0 Å². The molecule has 0 aliphatic heterocycles. The topological polar surface area (TPSA) is 268 Å². The Balaban J connectivity index is 1.28. The molecule has 2 atom stereocenters. The van der Waals surface area contributed by atoms with Crippen molar-refractivity contribution < 1.29 is 84.4 Å². The number of carboxylic acid groups (broad SMARTS) is 2. The first kappa shape index (κ1) is 52.9. The first-order chi connectivity index (χ1) is 31.1. The van der Waals surface area contributed by atoms with Crippen molar-refractivity contribution in [1.82, 2.24) is 31.9 Å². The lowest BCUT2D eigenvalue weighted by Crippen LogP contribution is -2.41. The summed E-state index contributed by atoms with van der Waals surface area (Å²) in [5, 5.41) is 33.1. The Hall–Kier alpha value is -7.40. The van der Waals surface area contributed by atoms with Crippen molar-refractivity contribution in [2.24, 2.45) is 0 Å². The number of unbranched alkanes of at least 4 members (excludes halogenated alkanes) is 2. The van der Waals surface area contributed by atoms with Gasteiger partial charge in [0.05, 0.1) is 24.2 Å². The van der Waals surface area contributed by atoms with Gasteiger partial charge in [-0.25, -0.2) is 19.2 Å². The lowest BCUT2D eigenvalue weighted by Gasteiger charge is -2.15. The average Bonchev–Trinajstić information content (AvgIpc) is 3.27. The summed E-state index contributed by atoms with van der Waals surface area (Å²) in [5.74, 6) is -5.30. The zero-order chi connectivity index (χ0) is 48.9. The van der Waals surface area contributed by atoms with Crippen LogP contribution in [-0.2, 0) is 54.2 Å². The number of carboxylic acids is 2. The highest BCUT2D eigenvalue weighted by Crippen LogP contribution is 2.30. The van der Waals surface area contributed by atoms with Gasteiger partial charge in [-0.05, 0) is 92.1 Å². The van der Waals surface area contributed by atoms with Crippen LogP contribution < -0.4 is 31.9 Å². The first-order valence-electron chi connectivity index (χ1n) is 20.0. The van der Waals surface area contributed by atoms with E-state index in [1.54, 1.807) is 0 Å². The van der Waals surface area contributed by atoms with Gasteiger partial charge in [-0.15, -0.1) is 0 Å². The number of halogens is 6. The largest absolute Gasteiger partial charge is 0.480 e. The fraction of sp³-hybridized carbons (Fsp3) is 0.381. The van der Waals surface area contributed by atoms with Crippen LogP contribution in [0.2, 0.25) is 0 Å². The van der Waals surface area contributed by atoms with Crippen LogP contribution in [0, 0.1) is 0 Å². The predicted octanol–water partition coefficient (Wildman–Crippen LogP) is 4.52. The molecule has 0 unspecified atom stereocenters. The number of hydrogen-bond acceptors (Lipinski definition) is 10. The summed E-state index contributed by atoms with van der Waals surface area (Å²) >= 11 is 0. The minimum atomic E-state index is -4.54. The van der Waals surface area contributed by atoms with E-state index in [4.69, 9.17) is 9.47 Å². The molecule has 18 nitrogen and oxygen atoms in total. The van der Waals surface area contributed by atoms with E-state index in [-0.39, 0.29) is 73.9 Å². The Morgan fingerprint density at radius 1 is 0.515 bits per heavy atom. The molecule has 358 valence electrons. The molecule has 0 aromatic heterocycles. The fourth-order valence-electron chi connectivity index (χ4n) is 5.61. The van der Waals surface area contributed by atoms with Crippen molar-refractivity contribution in [1.29, 1.82) is 0 Å². The molecule has 0 aliphatic carbocycles. The van der Waals surface area contributed by atoms with E-state index in [9.17, 15) is 74.9 Å². The van der Waals surface area contributed by atoms with Crippen molar-refractivity contribution in [2.45, 2.75) is 76.2 Å². The van der Waals surface area contributed by atoms with Crippen LogP contribution >= 0.6 is 0 Å². The summed E-state index contributed by atoms with van der Waals surface area (Å²) in [6, 6.07) is 10.4. The lowest BCUT2D eigenvalue weighted by molar-refractivity contribution is -0.140. The fourth-order valence-corrected chi connectivity index (χ4v) is 5.61. The third-order valence-corrected chi connectivity index (χ3v) is 9.17. The number of ether oxygens (including phenoxy) is 2. The van der Waals surface area contributed by atoms with Crippen LogP contribution in [-0.4, -0.2) is 96.2 Å². The second-order valence-corrected chi connectivity index (χ2v) is 14.2. The molecule has 0 saturated carbocycles. The van der Waals surface area contributed by atoms with E-state index >= 15 is 0 Å². The van der Waals surface area contributed by atoms with Crippen molar-refractivity contribution in [3.05, 3.63) is 106 Å². The number of benzene rings is 3. The highest BCUT2D eigenvalue weighted by atomic mass is 19.4. The van der Waals surface area contributed by atoms with Crippen LogP contribution in [0.4, 0.5) is 35.9 Å². The maximum atomic E-state index is 12.7. The zero-order valence-electron chi connectivity index (χ0n) is 34.8. The normalized spacial score (nSPS) is 12.1. The van der Waals surface area contributed by atoms with Gasteiger partial charge in [0.25, 0.3) is 11.8 Å². The summed E-state index contributed by atoms with van der Waals surface area (Å²) in [4.78, 5) is 97.3. The summed E-state index contributed by atoms with van der Waals surface area (Å²) < 4.78 is 86.1. The predicted molar refractivity (Wildman–Crippen MR) is 217 cm³/mol. The summed E-state index contributed by atoms with van der Waals surface area (Å²) in [6.45, 7) is -1.52. The standard InChI is InChI=1S/C42H46F6N6O12/c43-41(44,45)29-14-10-25(11-15-29)23-65-39(63)53-31(37(59)60)8-1-3-18-49-33(55)21-51-35(57)27-6-5-7-28(20-27)36(58)52-22-34(56)50-19-4-2-9-32(38(61)62)54-40(64)66-24-26-12-16-30(17-13-26)42(46,47)48/h5-7,10-17,20,31-32H,1-4,8-9,18-19,21-24H2,(H,49,55)(H,50,56)(H,51,57)(H,52,58)(H,53,63)(H,54,64)(H,59,60)(H,61,62)/t31-,32-/m0/s1. The van der Waals surface area contributed by atoms with Crippen LogP contribution in [0.15, 0.2) is 72.8 Å². The highest BCUT2D eigenvalue weighted by molar-refractivity contribution is 6.01. The number of carbonyl (C=O) groups excluding carboxylic acids is 6. The number of aliphatic carboxylic acids is 2. The lowest BCUT2D eigenvalue weighted by atomic mass is 10.1. The van der Waals surface area contributed by atoms with Gasteiger partial charge in [0.1, 0.15) is 25.3 Å². The number of rotatable bonds is 24. The Bertz CT molecular complexity index is 2010. The van der Waals surface area contributed by atoms with Gasteiger partial charge in [0.15, 0.2) is 0 Å². The average molecular weight is 941 g/mol. The minimum Gasteiger partial charge on any atom is -0.480 e. The SMILES string of the molecule is O=C(CNC(=O)c1cccc(C(=O)NCC(=O)NCCCC[C@H](NC(=O)OCc2ccc(C(F)(F)F)cc2)C(=O)O)c1)NCCCC[C@H](NC(=O)OCc1ccc(C(F)(F)F)cc1)C(=O)O. The third-order valence-electron chi connectivity index (χ3n) is 9.17. The van der Waals surface area contributed by atoms with Crippen molar-refractivity contribution in [3.63, 3.8) is 0 Å². The summed E-state index contributed by atoms with van der Waals surface area (Å²) in [6.07, 6.45) is -10.3. The van der Waals surface area contributed by atoms with E-state index in [2.05, 4.69) is 31.9 Å². The number of nitrogens with one attached hydrogen (secondary N) is 6. The Labute approximate surface area is 372 Å². The van der Waals surface area contributed by atoms with Gasteiger partial charge in [-0.2, -0.15) is 26.3 Å². The van der Waals surface area contributed by atoms with Crippen molar-refractivity contribution in [3.8, 4) is 0 Å². The van der Waals surface area contributed by atoms with Crippen molar-refractivity contribution >= 4 is 47.8 Å². The molecule has 3 rings (SSSR count). The van der Waals surface area contributed by atoms with Gasteiger partial charge in [-0.1, -0.05) is 30.3 Å². The third kappa shape index (κ3) is 19.6. The summed E-state index contributed by atoms with van der Waals surface area (Å²) in [7, 11) is 0. The van der Waals surface area contributed by atoms with Gasteiger partial charge < -0.3 is 51.6 Å². The minimum absolute atomic E-state index is 0.0200. The van der Waals surface area contributed by atoms with Crippen LogP contribution in [0.5, 0.6) is 0 Å². The smallest absolute Gasteiger partial charge is 0.416 e. The Morgan fingerprint density at radius 2 is 0.879 bits per heavy atom. The van der Waals surface area contributed by atoms with Crippen LogP contribution in [0.3, 0.4) is 0 Å². The molecule has 0 spiro atoms. The number of amides is 6.